The van der Waals surface area contributed by atoms with Crippen LogP contribution in [0.5, 0.6) is 0 Å². The number of carbonyl (C=O) groups is 2. The molecule has 0 atom stereocenters. The predicted octanol–water partition coefficient (Wildman–Crippen LogP) is 10.8. The number of piperazine rings is 2. The van der Waals surface area contributed by atoms with Crippen molar-refractivity contribution in [2.45, 2.75) is 147 Å². The molecule has 3 aliphatic carbocycles. The summed E-state index contributed by atoms with van der Waals surface area (Å²) in [6.45, 7) is 20.3. The number of hydrogen-bond acceptors (Lipinski definition) is 7. The van der Waals surface area contributed by atoms with Crippen molar-refractivity contribution >= 4 is 40.8 Å². The van der Waals surface area contributed by atoms with Crippen molar-refractivity contribution in [3.05, 3.63) is 87.7 Å². The molecular formula is C53H73ClFN7O3. The topological polar surface area (TPSA) is 74.8 Å². The molecule has 0 spiro atoms. The van der Waals surface area contributed by atoms with E-state index >= 15 is 0 Å². The Bertz CT molecular complexity index is 2150. The van der Waals surface area contributed by atoms with Crippen LogP contribution in [0.25, 0.3) is 0 Å². The second-order valence-corrected chi connectivity index (χ2v) is 21.8. The van der Waals surface area contributed by atoms with E-state index in [1.54, 1.807) is 0 Å². The van der Waals surface area contributed by atoms with Crippen LogP contribution in [0.1, 0.15) is 127 Å². The van der Waals surface area contributed by atoms with Crippen LogP contribution in [0, 0.1) is 5.82 Å². The minimum atomic E-state index is -0.496. The molecule has 352 valence electrons. The average Bonchev–Trinajstić information content (AvgIpc) is 4.13. The Hall–Kier alpha value is -4.06. The SMILES string of the molecule is CC1(C)CN(C(=O)Nc2ccc(F)c(Cl)c2)Cc2cc(N3CCN(C4CCCC4)CC3)ccc21.CC1(C)CN(C(=O)OC2CCCC2)Cc2cc(N3CCN(C4CCCC4)CC3)ccc21. The lowest BCUT2D eigenvalue weighted by Crippen LogP contribution is -2.50. The van der Waals surface area contributed by atoms with Crippen molar-refractivity contribution in [2.75, 3.05) is 80.6 Å². The molecule has 4 aliphatic heterocycles. The zero-order chi connectivity index (χ0) is 45.3. The molecule has 5 fully saturated rings. The zero-order valence-electron chi connectivity index (χ0n) is 39.6. The number of hydrogen-bond donors (Lipinski definition) is 1. The molecule has 10 nitrogen and oxygen atoms in total. The van der Waals surface area contributed by atoms with Crippen molar-refractivity contribution in [2.24, 2.45) is 0 Å². The Morgan fingerprint density at radius 1 is 0.615 bits per heavy atom. The summed E-state index contributed by atoms with van der Waals surface area (Å²) in [7, 11) is 0. The van der Waals surface area contributed by atoms with Crippen molar-refractivity contribution < 1.29 is 18.7 Å². The van der Waals surface area contributed by atoms with Crippen LogP contribution < -0.4 is 15.1 Å². The Morgan fingerprint density at radius 2 is 1.08 bits per heavy atom. The van der Waals surface area contributed by atoms with Gasteiger partial charge in [0.25, 0.3) is 0 Å². The summed E-state index contributed by atoms with van der Waals surface area (Å²) < 4.78 is 19.3. The Kier molecular flexibility index (Phi) is 13.9. The summed E-state index contributed by atoms with van der Waals surface area (Å²) in [5.41, 5.74) is 8.00. The van der Waals surface area contributed by atoms with E-state index in [2.05, 4.69) is 89.0 Å². The van der Waals surface area contributed by atoms with E-state index in [1.807, 2.05) is 9.80 Å². The third-order valence-electron chi connectivity index (χ3n) is 15.9. The highest BCUT2D eigenvalue weighted by atomic mass is 35.5. The highest BCUT2D eigenvalue weighted by molar-refractivity contribution is 6.31. The monoisotopic (exact) mass is 910 g/mol. The quantitative estimate of drug-likeness (QED) is 0.264. The lowest BCUT2D eigenvalue weighted by Gasteiger charge is -2.42. The first-order valence-corrected chi connectivity index (χ1v) is 25.4. The molecule has 12 heteroatoms. The van der Waals surface area contributed by atoms with Crippen LogP contribution in [0.3, 0.4) is 0 Å². The maximum Gasteiger partial charge on any atom is 0.410 e. The van der Waals surface area contributed by atoms with E-state index in [1.165, 1.54) is 129 Å². The molecule has 1 N–H and O–H groups in total. The van der Waals surface area contributed by atoms with Crippen LogP contribution in [0.15, 0.2) is 54.6 Å². The van der Waals surface area contributed by atoms with Crippen LogP contribution in [-0.2, 0) is 28.7 Å². The number of nitrogens with one attached hydrogen (secondary N) is 1. The fourth-order valence-electron chi connectivity index (χ4n) is 12.3. The van der Waals surface area contributed by atoms with Gasteiger partial charge in [-0.15, -0.1) is 0 Å². The number of urea groups is 1. The van der Waals surface area contributed by atoms with E-state index in [9.17, 15) is 14.0 Å². The summed E-state index contributed by atoms with van der Waals surface area (Å²) in [6.07, 6.45) is 15.5. The number of fused-ring (bicyclic) bond motifs is 2. The van der Waals surface area contributed by atoms with Gasteiger partial charge in [0.15, 0.2) is 0 Å². The minimum Gasteiger partial charge on any atom is -0.446 e. The van der Waals surface area contributed by atoms with Crippen molar-refractivity contribution in [3.8, 4) is 0 Å². The molecule has 0 aromatic heterocycles. The van der Waals surface area contributed by atoms with E-state index in [0.717, 1.165) is 70.7 Å². The Morgan fingerprint density at radius 3 is 1.57 bits per heavy atom. The van der Waals surface area contributed by atoms with Gasteiger partial charge < -0.3 is 29.7 Å². The van der Waals surface area contributed by atoms with Crippen LogP contribution >= 0.6 is 11.6 Å². The average molecular weight is 911 g/mol. The van der Waals surface area contributed by atoms with Gasteiger partial charge in [-0.05, 0) is 116 Å². The fourth-order valence-corrected chi connectivity index (χ4v) is 12.5. The lowest BCUT2D eigenvalue weighted by atomic mass is 9.78. The smallest absolute Gasteiger partial charge is 0.410 e. The first-order chi connectivity index (χ1) is 31.3. The van der Waals surface area contributed by atoms with Gasteiger partial charge in [0.1, 0.15) is 11.9 Å². The molecule has 4 heterocycles. The van der Waals surface area contributed by atoms with Gasteiger partial charge in [0.2, 0.25) is 0 Å². The van der Waals surface area contributed by atoms with E-state index in [-0.39, 0.29) is 34.1 Å². The van der Waals surface area contributed by atoms with Crippen LogP contribution in [0.4, 0.5) is 31.0 Å². The van der Waals surface area contributed by atoms with Gasteiger partial charge in [-0.1, -0.05) is 77.1 Å². The summed E-state index contributed by atoms with van der Waals surface area (Å²) in [4.78, 5) is 40.1. The van der Waals surface area contributed by atoms with Crippen LogP contribution in [0.2, 0.25) is 5.02 Å². The molecule has 65 heavy (non-hydrogen) atoms. The highest BCUT2D eigenvalue weighted by Crippen LogP contribution is 2.39. The summed E-state index contributed by atoms with van der Waals surface area (Å²) in [5.74, 6) is -0.496. The highest BCUT2D eigenvalue weighted by Gasteiger charge is 2.38. The van der Waals surface area contributed by atoms with Gasteiger partial charge in [-0.25, -0.2) is 14.0 Å². The minimum absolute atomic E-state index is 0.000195. The summed E-state index contributed by atoms with van der Waals surface area (Å²) in [6, 6.07) is 19.4. The third-order valence-corrected chi connectivity index (χ3v) is 16.1. The van der Waals surface area contributed by atoms with Gasteiger partial charge >= 0.3 is 12.1 Å². The molecule has 2 saturated heterocycles. The normalized spacial score (nSPS) is 22.9. The molecule has 0 unspecified atom stereocenters. The largest absolute Gasteiger partial charge is 0.446 e. The van der Waals surface area contributed by atoms with Crippen molar-refractivity contribution in [1.82, 2.24) is 19.6 Å². The maximum atomic E-state index is 13.5. The van der Waals surface area contributed by atoms with Crippen molar-refractivity contribution in [3.63, 3.8) is 0 Å². The second-order valence-electron chi connectivity index (χ2n) is 21.4. The number of halogens is 2. The number of rotatable bonds is 6. The molecule has 0 bridgehead atoms. The number of ether oxygens (including phenoxy) is 1. The van der Waals surface area contributed by atoms with Gasteiger partial charge in [0, 0.05) is 119 Å². The Balaban J connectivity index is 0.000000165. The first kappa shape index (κ1) is 46.1. The lowest BCUT2D eigenvalue weighted by molar-refractivity contribution is 0.0545. The molecule has 3 saturated carbocycles. The van der Waals surface area contributed by atoms with Gasteiger partial charge in [-0.2, -0.15) is 0 Å². The molecule has 7 aliphatic rings. The zero-order valence-corrected chi connectivity index (χ0v) is 40.3. The van der Waals surface area contributed by atoms with Gasteiger partial charge in [0.05, 0.1) is 5.02 Å². The van der Waals surface area contributed by atoms with Crippen LogP contribution in [-0.4, -0.2) is 115 Å². The van der Waals surface area contributed by atoms with E-state index in [0.29, 0.717) is 25.3 Å². The number of amides is 3. The second kappa shape index (κ2) is 19.7. The number of benzene rings is 3. The Labute approximate surface area is 392 Å². The molecule has 0 radical (unpaired) electrons. The molecule has 3 amide bonds. The first-order valence-electron chi connectivity index (χ1n) is 25.0. The number of nitrogens with zero attached hydrogens (tertiary/aromatic N) is 6. The van der Waals surface area contributed by atoms with Gasteiger partial charge in [-0.3, -0.25) is 9.80 Å². The predicted molar refractivity (Wildman–Crippen MR) is 261 cm³/mol. The summed E-state index contributed by atoms with van der Waals surface area (Å²) >= 11 is 5.88. The third kappa shape index (κ3) is 10.6. The molecule has 3 aromatic carbocycles. The molecular weight excluding hydrogens is 837 g/mol. The van der Waals surface area contributed by atoms with E-state index in [4.69, 9.17) is 16.3 Å². The molecule has 10 rings (SSSR count). The summed E-state index contributed by atoms with van der Waals surface area (Å²) in [5, 5.41) is 2.88. The number of carbonyl (C=O) groups excluding carboxylic acids is 2. The van der Waals surface area contributed by atoms with Crippen molar-refractivity contribution in [1.29, 1.82) is 0 Å². The standard InChI is InChI=1S/C27H34ClFN4O.C26H39N3O2/c1-27(2)18-33(26(34)30-20-7-10-25(29)24(28)16-20)17-19-15-22(8-9-23(19)27)32-13-11-31(12-14-32)21-5-3-4-6-21;1-26(2)19-29(25(30)31-23-9-5-6-10-23)18-20-17-22(11-12-24(20)26)28-15-13-27(14-16-28)21-7-3-4-8-21/h7-10,15-16,21H,3-6,11-14,17-18H2,1-2H3,(H,30,34);11-12,17,21,23H,3-10,13-16,18-19H2,1-2H3. The maximum absolute atomic E-state index is 13.5. The fraction of sp³-hybridized carbons (Fsp3) is 0.623. The molecule has 3 aromatic rings. The van der Waals surface area contributed by atoms with E-state index < -0.39 is 5.82 Å². The number of anilines is 3.